The molecule has 0 saturated carbocycles. The topological polar surface area (TPSA) is 69.2 Å². The summed E-state index contributed by atoms with van der Waals surface area (Å²) in [5.74, 6) is 1.93. The summed E-state index contributed by atoms with van der Waals surface area (Å²) in [6.07, 6.45) is 3.40. The predicted molar refractivity (Wildman–Crippen MR) is 136 cm³/mol. The lowest BCUT2D eigenvalue weighted by Crippen LogP contribution is -2.00. The lowest BCUT2D eigenvalue weighted by Gasteiger charge is -2.13. The van der Waals surface area contributed by atoms with Crippen LogP contribution in [0.2, 0.25) is 5.02 Å². The molecule has 0 spiro atoms. The number of halogens is 2. The molecular formula is C27H20ClFN4O2. The van der Waals surface area contributed by atoms with Crippen LogP contribution < -0.4 is 14.8 Å². The summed E-state index contributed by atoms with van der Waals surface area (Å²) in [4.78, 5) is 13.7. The summed E-state index contributed by atoms with van der Waals surface area (Å²) in [6, 6.07) is 19.7. The molecule has 8 heteroatoms. The molecule has 6 nitrogen and oxygen atoms in total. The third-order valence-corrected chi connectivity index (χ3v) is 5.77. The summed E-state index contributed by atoms with van der Waals surface area (Å²) in [6.45, 7) is 0. The Morgan fingerprint density at radius 3 is 2.31 bits per heavy atom. The van der Waals surface area contributed by atoms with Crippen LogP contribution in [-0.4, -0.2) is 29.2 Å². The quantitative estimate of drug-likeness (QED) is 0.281. The van der Waals surface area contributed by atoms with E-state index in [1.807, 2.05) is 48.5 Å². The Balaban J connectivity index is 1.68. The van der Waals surface area contributed by atoms with Gasteiger partial charge in [-0.25, -0.2) is 14.4 Å². The Morgan fingerprint density at radius 1 is 0.829 bits per heavy atom. The van der Waals surface area contributed by atoms with Gasteiger partial charge in [-0.3, -0.25) is 4.98 Å². The molecule has 1 N–H and O–H groups in total. The van der Waals surface area contributed by atoms with Crippen molar-refractivity contribution in [2.45, 2.75) is 0 Å². The number of nitrogens with zero attached hydrogens (tertiary/aromatic N) is 3. The molecule has 0 aliphatic rings. The average Bonchev–Trinajstić information content (AvgIpc) is 2.90. The van der Waals surface area contributed by atoms with E-state index in [2.05, 4.69) is 10.3 Å². The van der Waals surface area contributed by atoms with E-state index in [4.69, 9.17) is 31.0 Å². The van der Waals surface area contributed by atoms with Crippen LogP contribution in [0.25, 0.3) is 33.4 Å². The van der Waals surface area contributed by atoms with E-state index in [0.717, 1.165) is 27.6 Å². The number of benzene rings is 3. The van der Waals surface area contributed by atoms with E-state index in [1.165, 1.54) is 12.1 Å². The number of ether oxygens (including phenoxy) is 2. The van der Waals surface area contributed by atoms with Crippen LogP contribution in [0.15, 0.2) is 79.1 Å². The Hall–Kier alpha value is -4.23. The van der Waals surface area contributed by atoms with Gasteiger partial charge >= 0.3 is 0 Å². The molecule has 0 aliphatic heterocycles. The van der Waals surface area contributed by atoms with E-state index < -0.39 is 5.82 Å². The second-order valence-electron chi connectivity index (χ2n) is 7.72. The van der Waals surface area contributed by atoms with Gasteiger partial charge < -0.3 is 14.8 Å². The number of fused-ring (bicyclic) bond motifs is 1. The molecule has 3 aromatic carbocycles. The highest BCUT2D eigenvalue weighted by molar-refractivity contribution is 6.31. The predicted octanol–water partition coefficient (Wildman–Crippen LogP) is 6.91. The first-order valence-electron chi connectivity index (χ1n) is 10.7. The maximum absolute atomic E-state index is 13.7. The van der Waals surface area contributed by atoms with Gasteiger partial charge in [0.05, 0.1) is 24.8 Å². The van der Waals surface area contributed by atoms with Gasteiger partial charge in [0.15, 0.2) is 5.82 Å². The largest absolute Gasteiger partial charge is 0.497 e. The molecule has 0 aliphatic carbocycles. The molecule has 0 atom stereocenters. The summed E-state index contributed by atoms with van der Waals surface area (Å²) >= 11 is 6.01. The number of rotatable bonds is 6. The Morgan fingerprint density at radius 2 is 1.63 bits per heavy atom. The number of hydrogen-bond acceptors (Lipinski definition) is 6. The molecule has 0 saturated heterocycles. The number of aromatic nitrogens is 3. The Bertz CT molecular complexity index is 1510. The Labute approximate surface area is 206 Å². The highest BCUT2D eigenvalue weighted by atomic mass is 35.5. The van der Waals surface area contributed by atoms with Crippen molar-refractivity contribution in [2.24, 2.45) is 0 Å². The van der Waals surface area contributed by atoms with Gasteiger partial charge in [-0.1, -0.05) is 17.7 Å². The zero-order chi connectivity index (χ0) is 24.4. The molecule has 174 valence electrons. The average molecular weight is 487 g/mol. The van der Waals surface area contributed by atoms with E-state index in [1.54, 1.807) is 32.7 Å². The zero-order valence-corrected chi connectivity index (χ0v) is 19.7. The minimum Gasteiger partial charge on any atom is -0.497 e. The number of anilines is 2. The molecule has 0 unspecified atom stereocenters. The molecule has 2 aromatic heterocycles. The van der Waals surface area contributed by atoms with Crippen molar-refractivity contribution in [1.29, 1.82) is 0 Å². The first kappa shape index (κ1) is 22.6. The monoisotopic (exact) mass is 486 g/mol. The van der Waals surface area contributed by atoms with Gasteiger partial charge in [-0.2, -0.15) is 0 Å². The molecule has 0 bridgehead atoms. The number of pyridine rings is 1. The van der Waals surface area contributed by atoms with Crippen molar-refractivity contribution in [1.82, 2.24) is 15.0 Å². The summed E-state index contributed by atoms with van der Waals surface area (Å²) in [5, 5.41) is 4.07. The van der Waals surface area contributed by atoms with Crippen LogP contribution >= 0.6 is 11.6 Å². The maximum atomic E-state index is 13.7. The number of hydrogen-bond donors (Lipinski definition) is 1. The van der Waals surface area contributed by atoms with Crippen molar-refractivity contribution in [3.8, 4) is 34.0 Å². The van der Waals surface area contributed by atoms with E-state index >= 15 is 0 Å². The lowest BCUT2D eigenvalue weighted by molar-refractivity contribution is 0.394. The fraction of sp³-hybridized carbons (Fsp3) is 0.0741. The second-order valence-corrected chi connectivity index (χ2v) is 8.13. The summed E-state index contributed by atoms with van der Waals surface area (Å²) in [7, 11) is 3.23. The smallest absolute Gasteiger partial charge is 0.163 e. The normalized spacial score (nSPS) is 10.9. The Kier molecular flexibility index (Phi) is 6.16. The van der Waals surface area contributed by atoms with Crippen LogP contribution in [0.1, 0.15) is 0 Å². The first-order valence-corrected chi connectivity index (χ1v) is 11.1. The minimum atomic E-state index is -0.491. The minimum absolute atomic E-state index is 0.0185. The van der Waals surface area contributed by atoms with Crippen molar-refractivity contribution in [3.63, 3.8) is 0 Å². The number of nitrogens with one attached hydrogen (secondary N) is 1. The molecular weight excluding hydrogens is 467 g/mol. The molecule has 0 fully saturated rings. The molecule has 35 heavy (non-hydrogen) atoms. The highest BCUT2D eigenvalue weighted by Crippen LogP contribution is 2.34. The molecule has 5 rings (SSSR count). The van der Waals surface area contributed by atoms with Crippen molar-refractivity contribution >= 4 is 34.0 Å². The fourth-order valence-electron chi connectivity index (χ4n) is 3.71. The number of methoxy groups -OCH3 is 2. The van der Waals surface area contributed by atoms with E-state index in [0.29, 0.717) is 28.8 Å². The fourth-order valence-corrected chi connectivity index (χ4v) is 3.89. The zero-order valence-electron chi connectivity index (χ0n) is 18.9. The molecule has 0 radical (unpaired) electrons. The van der Waals surface area contributed by atoms with Gasteiger partial charge in [0.25, 0.3) is 0 Å². The third kappa shape index (κ3) is 4.72. The maximum Gasteiger partial charge on any atom is 0.163 e. The SMILES string of the molecule is COc1cc(OC)cc(-c2ccc3nc(-c4cccnc4)nc(Nc4ccc(F)c(Cl)c4)c3c2)c1. The first-order chi connectivity index (χ1) is 17.0. The van der Waals surface area contributed by atoms with Crippen molar-refractivity contribution < 1.29 is 13.9 Å². The van der Waals surface area contributed by atoms with Crippen LogP contribution in [0.4, 0.5) is 15.9 Å². The van der Waals surface area contributed by atoms with Gasteiger partial charge in [-0.05, 0) is 65.7 Å². The van der Waals surface area contributed by atoms with Gasteiger partial charge in [0.2, 0.25) is 0 Å². The van der Waals surface area contributed by atoms with E-state index in [9.17, 15) is 4.39 Å². The van der Waals surface area contributed by atoms with Gasteiger partial charge in [0.1, 0.15) is 23.1 Å². The van der Waals surface area contributed by atoms with Crippen LogP contribution in [-0.2, 0) is 0 Å². The molecule has 5 aromatic rings. The third-order valence-electron chi connectivity index (χ3n) is 5.48. The van der Waals surface area contributed by atoms with Gasteiger partial charge in [0, 0.05) is 35.1 Å². The van der Waals surface area contributed by atoms with Crippen LogP contribution in [0, 0.1) is 5.82 Å². The summed E-state index contributed by atoms with van der Waals surface area (Å²) < 4.78 is 24.6. The lowest BCUT2D eigenvalue weighted by atomic mass is 10.0. The molecule has 2 heterocycles. The van der Waals surface area contributed by atoms with Crippen molar-refractivity contribution in [3.05, 3.63) is 90.0 Å². The van der Waals surface area contributed by atoms with Crippen LogP contribution in [0.3, 0.4) is 0 Å². The second kappa shape index (κ2) is 9.56. The van der Waals surface area contributed by atoms with Gasteiger partial charge in [-0.15, -0.1) is 0 Å². The van der Waals surface area contributed by atoms with E-state index in [-0.39, 0.29) is 5.02 Å². The molecule has 0 amide bonds. The highest BCUT2D eigenvalue weighted by Gasteiger charge is 2.13. The van der Waals surface area contributed by atoms with Crippen LogP contribution in [0.5, 0.6) is 11.5 Å². The standard InChI is InChI=1S/C27H20ClFN4O2/c1-34-20-10-18(11-21(14-20)35-2)16-5-8-25-22(12-16)27(31-19-6-7-24(29)23(28)13-19)33-26(32-25)17-4-3-9-30-15-17/h3-15H,1-2H3,(H,31,32,33). The summed E-state index contributed by atoms with van der Waals surface area (Å²) in [5.41, 5.74) is 3.94. The van der Waals surface area contributed by atoms with Crippen molar-refractivity contribution in [2.75, 3.05) is 19.5 Å².